The molecule has 4 atom stereocenters. The van der Waals surface area contributed by atoms with E-state index in [4.69, 9.17) is 12.2 Å². The number of rotatable bonds is 3. The summed E-state index contributed by atoms with van der Waals surface area (Å²) in [5, 5.41) is 9.56. The molecular formula is C15H19N3S2. The average Bonchev–Trinajstić information content (AvgIpc) is 3.21. The number of thiophene rings is 1. The van der Waals surface area contributed by atoms with Crippen LogP contribution in [-0.4, -0.2) is 14.8 Å². The van der Waals surface area contributed by atoms with Crippen LogP contribution in [0.1, 0.15) is 38.6 Å². The van der Waals surface area contributed by atoms with E-state index in [-0.39, 0.29) is 0 Å². The quantitative estimate of drug-likeness (QED) is 0.836. The Hall–Kier alpha value is -0.940. The summed E-state index contributed by atoms with van der Waals surface area (Å²) in [5.74, 6) is 3.67. The summed E-state index contributed by atoms with van der Waals surface area (Å²) >= 11 is 7.22. The van der Waals surface area contributed by atoms with Crippen LogP contribution in [-0.2, 0) is 0 Å². The van der Waals surface area contributed by atoms with E-state index in [1.807, 2.05) is 0 Å². The number of nitrogens with zero attached hydrogens (tertiary/aromatic N) is 2. The van der Waals surface area contributed by atoms with Gasteiger partial charge in [0.1, 0.15) is 0 Å². The Morgan fingerprint density at radius 3 is 3.00 bits per heavy atom. The van der Waals surface area contributed by atoms with E-state index in [1.54, 1.807) is 11.3 Å². The second-order valence-corrected chi connectivity index (χ2v) is 7.61. The Morgan fingerprint density at radius 2 is 2.35 bits per heavy atom. The molecule has 0 aromatic carbocycles. The highest BCUT2D eigenvalue weighted by Crippen LogP contribution is 2.52. The second-order valence-electron chi connectivity index (χ2n) is 6.28. The highest BCUT2D eigenvalue weighted by Gasteiger charge is 2.42. The van der Waals surface area contributed by atoms with Gasteiger partial charge in [-0.2, -0.15) is 5.10 Å². The predicted molar refractivity (Wildman–Crippen MR) is 84.4 cm³/mol. The van der Waals surface area contributed by atoms with Crippen LogP contribution < -0.4 is 0 Å². The fourth-order valence-electron chi connectivity index (χ4n) is 4.34. The Balaban J connectivity index is 1.71. The van der Waals surface area contributed by atoms with Crippen molar-refractivity contribution in [2.24, 2.45) is 17.8 Å². The Bertz CT molecular complexity index is 655. The van der Waals surface area contributed by atoms with Crippen molar-refractivity contribution in [3.8, 4) is 10.7 Å². The van der Waals surface area contributed by atoms with Gasteiger partial charge in [-0.3, -0.25) is 9.67 Å². The summed E-state index contributed by atoms with van der Waals surface area (Å²) in [6.07, 6.45) is 5.68. The van der Waals surface area contributed by atoms with Crippen LogP contribution in [0.5, 0.6) is 0 Å². The van der Waals surface area contributed by atoms with E-state index in [0.29, 0.717) is 6.04 Å². The zero-order chi connectivity index (χ0) is 13.7. The number of aromatic amines is 1. The molecule has 106 valence electrons. The summed E-state index contributed by atoms with van der Waals surface area (Å²) < 4.78 is 3.02. The van der Waals surface area contributed by atoms with Crippen LogP contribution >= 0.6 is 23.6 Å². The number of nitrogens with one attached hydrogen (secondary N) is 1. The fourth-order valence-corrected chi connectivity index (χ4v) is 5.35. The molecule has 0 spiro atoms. The molecule has 1 N–H and O–H groups in total. The molecule has 0 amide bonds. The molecule has 2 aromatic heterocycles. The van der Waals surface area contributed by atoms with Crippen molar-refractivity contribution in [1.82, 2.24) is 14.8 Å². The third-order valence-electron chi connectivity index (χ3n) is 5.27. The van der Waals surface area contributed by atoms with Crippen LogP contribution in [0.4, 0.5) is 0 Å². The van der Waals surface area contributed by atoms with E-state index in [9.17, 15) is 0 Å². The Kier molecular flexibility index (Phi) is 3.07. The smallest absolute Gasteiger partial charge is 0.195 e. The normalized spacial score (nSPS) is 29.9. The van der Waals surface area contributed by atoms with Gasteiger partial charge in [0.2, 0.25) is 0 Å². The number of aromatic nitrogens is 3. The van der Waals surface area contributed by atoms with Gasteiger partial charge in [0.05, 0.1) is 4.88 Å². The van der Waals surface area contributed by atoms with E-state index in [1.165, 1.54) is 30.6 Å². The third-order valence-corrected chi connectivity index (χ3v) is 6.42. The highest BCUT2D eigenvalue weighted by atomic mass is 32.1. The summed E-state index contributed by atoms with van der Waals surface area (Å²) in [6, 6.07) is 4.65. The van der Waals surface area contributed by atoms with Crippen molar-refractivity contribution < 1.29 is 0 Å². The van der Waals surface area contributed by atoms with Gasteiger partial charge in [-0.25, -0.2) is 0 Å². The van der Waals surface area contributed by atoms with Crippen molar-refractivity contribution in [3.05, 3.63) is 22.3 Å². The maximum atomic E-state index is 5.49. The lowest BCUT2D eigenvalue weighted by Gasteiger charge is -2.29. The largest absolute Gasteiger partial charge is 0.296 e. The van der Waals surface area contributed by atoms with E-state index in [2.05, 4.69) is 39.2 Å². The lowest BCUT2D eigenvalue weighted by Crippen LogP contribution is -2.22. The maximum Gasteiger partial charge on any atom is 0.195 e. The number of fused-ring (bicyclic) bond motifs is 2. The minimum Gasteiger partial charge on any atom is -0.296 e. The van der Waals surface area contributed by atoms with Gasteiger partial charge in [-0.1, -0.05) is 12.5 Å². The monoisotopic (exact) mass is 305 g/mol. The van der Waals surface area contributed by atoms with Crippen LogP contribution in [0.25, 0.3) is 10.7 Å². The average molecular weight is 305 g/mol. The Labute approximate surface area is 128 Å². The van der Waals surface area contributed by atoms with E-state index >= 15 is 0 Å². The molecule has 0 unspecified atom stereocenters. The molecule has 5 heteroatoms. The van der Waals surface area contributed by atoms with Crippen molar-refractivity contribution in [2.45, 2.75) is 38.6 Å². The molecular weight excluding hydrogens is 286 g/mol. The van der Waals surface area contributed by atoms with Crippen molar-refractivity contribution in [1.29, 1.82) is 0 Å². The Morgan fingerprint density at radius 1 is 1.45 bits per heavy atom. The van der Waals surface area contributed by atoms with Crippen LogP contribution in [0.15, 0.2) is 17.5 Å². The van der Waals surface area contributed by atoms with Gasteiger partial charge < -0.3 is 0 Å². The first-order chi connectivity index (χ1) is 9.74. The molecule has 4 rings (SSSR count). The standard InChI is InChI=1S/C15H19N3S2/c1-9(12-8-10-4-5-11(12)7-10)18-14(16-17-15(18)19)13-3-2-6-20-13/h2-3,6,9-12H,4-5,7-8H2,1H3,(H,17,19)/t9-,10+,11-,12+/m0/s1. The van der Waals surface area contributed by atoms with Crippen molar-refractivity contribution >= 4 is 23.6 Å². The number of hydrogen-bond acceptors (Lipinski definition) is 3. The molecule has 3 nitrogen and oxygen atoms in total. The first-order valence-electron chi connectivity index (χ1n) is 7.45. The van der Waals surface area contributed by atoms with Gasteiger partial charge in [-0.15, -0.1) is 11.3 Å². The molecule has 2 aromatic rings. The molecule has 2 aliphatic carbocycles. The molecule has 20 heavy (non-hydrogen) atoms. The van der Waals surface area contributed by atoms with Crippen LogP contribution in [0, 0.1) is 22.5 Å². The van der Waals surface area contributed by atoms with Gasteiger partial charge in [0, 0.05) is 6.04 Å². The minimum absolute atomic E-state index is 0.452. The molecule has 2 heterocycles. The fraction of sp³-hybridized carbons (Fsp3) is 0.600. The van der Waals surface area contributed by atoms with Gasteiger partial charge in [0.15, 0.2) is 10.6 Å². The number of H-pyrrole nitrogens is 1. The van der Waals surface area contributed by atoms with Crippen molar-refractivity contribution in [2.75, 3.05) is 0 Å². The van der Waals surface area contributed by atoms with Crippen LogP contribution in [0.2, 0.25) is 0 Å². The van der Waals surface area contributed by atoms with Gasteiger partial charge in [-0.05, 0) is 67.6 Å². The predicted octanol–water partition coefficient (Wildman–Crippen LogP) is 4.67. The van der Waals surface area contributed by atoms with Gasteiger partial charge >= 0.3 is 0 Å². The highest BCUT2D eigenvalue weighted by molar-refractivity contribution is 7.71. The summed E-state index contributed by atoms with van der Waals surface area (Å²) in [6.45, 7) is 2.33. The molecule has 2 saturated carbocycles. The molecule has 2 fully saturated rings. The summed E-state index contributed by atoms with van der Waals surface area (Å²) in [5.41, 5.74) is 0. The van der Waals surface area contributed by atoms with Crippen molar-refractivity contribution in [3.63, 3.8) is 0 Å². The summed E-state index contributed by atoms with van der Waals surface area (Å²) in [4.78, 5) is 1.20. The second kappa shape index (κ2) is 4.81. The zero-order valence-corrected chi connectivity index (χ0v) is 13.2. The number of hydrogen-bond donors (Lipinski definition) is 1. The van der Waals surface area contributed by atoms with E-state index < -0.39 is 0 Å². The lowest BCUT2D eigenvalue weighted by molar-refractivity contribution is 0.242. The third kappa shape index (κ3) is 1.91. The SMILES string of the molecule is C[C@@H]([C@H]1C[C@@H]2CC[C@H]1C2)n1c(-c2cccs2)n[nH]c1=S. The maximum absolute atomic E-state index is 5.49. The first kappa shape index (κ1) is 12.8. The molecule has 2 bridgehead atoms. The van der Waals surface area contributed by atoms with E-state index in [0.717, 1.165) is 28.3 Å². The summed E-state index contributed by atoms with van der Waals surface area (Å²) in [7, 11) is 0. The minimum atomic E-state index is 0.452. The molecule has 0 aliphatic heterocycles. The van der Waals surface area contributed by atoms with Gasteiger partial charge in [0.25, 0.3) is 0 Å². The molecule has 0 saturated heterocycles. The molecule has 2 aliphatic rings. The zero-order valence-electron chi connectivity index (χ0n) is 11.6. The lowest BCUT2D eigenvalue weighted by atomic mass is 9.84. The molecule has 0 radical (unpaired) electrons. The topological polar surface area (TPSA) is 33.6 Å². The van der Waals surface area contributed by atoms with Crippen LogP contribution in [0.3, 0.4) is 0 Å². The first-order valence-corrected chi connectivity index (χ1v) is 8.73.